The van der Waals surface area contributed by atoms with E-state index >= 15 is 0 Å². The first-order chi connectivity index (χ1) is 14.7. The second kappa shape index (κ2) is 11.0. The maximum Gasteiger partial charge on any atom is 0.136 e. The van der Waals surface area contributed by atoms with Crippen LogP contribution in [0.4, 0.5) is 5.69 Å². The number of nitriles is 1. The van der Waals surface area contributed by atoms with Crippen LogP contribution in [0.1, 0.15) is 31.7 Å². The fraction of sp³-hybridized carbons (Fsp3) is 0.250. The molecule has 1 aromatic heterocycles. The molecule has 0 radical (unpaired) electrons. The number of unbranched alkanes of at least 4 members (excludes halogenated alkanes) is 1. The molecular weight excluding hydrogens is 394 g/mol. The number of hydrogen-bond donors (Lipinski definition) is 1. The molecule has 1 N–H and O–H groups in total. The lowest BCUT2D eigenvalue weighted by Crippen LogP contribution is -1.97. The van der Waals surface area contributed by atoms with Gasteiger partial charge in [0.15, 0.2) is 0 Å². The van der Waals surface area contributed by atoms with Gasteiger partial charge in [-0.3, -0.25) is 0 Å². The summed E-state index contributed by atoms with van der Waals surface area (Å²) in [6.07, 6.45) is 3.81. The summed E-state index contributed by atoms with van der Waals surface area (Å²) in [6, 6.07) is 17.8. The minimum absolute atomic E-state index is 0.481. The van der Waals surface area contributed by atoms with E-state index < -0.39 is 0 Å². The molecule has 5 nitrogen and oxygen atoms in total. The molecule has 3 aromatic rings. The van der Waals surface area contributed by atoms with Gasteiger partial charge in [0.2, 0.25) is 0 Å². The van der Waals surface area contributed by atoms with Crippen molar-refractivity contribution in [2.24, 2.45) is 0 Å². The molecule has 0 saturated heterocycles. The zero-order valence-electron chi connectivity index (χ0n) is 17.2. The monoisotopic (exact) mass is 419 g/mol. The Hall–Kier alpha value is -3.30. The van der Waals surface area contributed by atoms with Crippen LogP contribution in [-0.2, 0) is 0 Å². The van der Waals surface area contributed by atoms with Gasteiger partial charge in [0.1, 0.15) is 28.1 Å². The second-order valence-electron chi connectivity index (χ2n) is 6.54. The maximum atomic E-state index is 9.60. The van der Waals surface area contributed by atoms with Gasteiger partial charge in [-0.05, 0) is 49.7 Å². The zero-order chi connectivity index (χ0) is 21.2. The summed E-state index contributed by atoms with van der Waals surface area (Å²) in [5.41, 5.74) is 3.17. The molecule has 0 amide bonds. The van der Waals surface area contributed by atoms with Crippen molar-refractivity contribution in [3.05, 3.63) is 65.1 Å². The van der Waals surface area contributed by atoms with Crippen LogP contribution in [-0.4, -0.2) is 18.2 Å². The first-order valence-electron chi connectivity index (χ1n) is 10.0. The van der Waals surface area contributed by atoms with Crippen molar-refractivity contribution >= 4 is 22.6 Å². The molecule has 0 bridgehead atoms. The third kappa shape index (κ3) is 5.85. The van der Waals surface area contributed by atoms with E-state index in [0.29, 0.717) is 23.8 Å². The van der Waals surface area contributed by atoms with Crippen LogP contribution in [0.5, 0.6) is 11.5 Å². The predicted octanol–water partition coefficient (Wildman–Crippen LogP) is 6.36. The molecular formula is C24H25N3O2S. The fourth-order valence-corrected chi connectivity index (χ4v) is 3.52. The Morgan fingerprint density at radius 3 is 2.70 bits per heavy atom. The van der Waals surface area contributed by atoms with Gasteiger partial charge in [-0.15, -0.1) is 11.3 Å². The molecule has 0 saturated carbocycles. The molecule has 0 spiro atoms. The second-order valence-corrected chi connectivity index (χ2v) is 7.40. The van der Waals surface area contributed by atoms with Crippen molar-refractivity contribution in [2.75, 3.05) is 18.5 Å². The van der Waals surface area contributed by atoms with E-state index in [4.69, 9.17) is 9.47 Å². The van der Waals surface area contributed by atoms with E-state index in [1.54, 1.807) is 6.20 Å². The van der Waals surface area contributed by atoms with Crippen molar-refractivity contribution < 1.29 is 9.47 Å². The van der Waals surface area contributed by atoms with E-state index in [1.807, 2.05) is 60.8 Å². The van der Waals surface area contributed by atoms with Crippen LogP contribution < -0.4 is 14.8 Å². The van der Waals surface area contributed by atoms with Crippen LogP contribution in [0.3, 0.4) is 0 Å². The highest BCUT2D eigenvalue weighted by atomic mass is 32.1. The number of allylic oxidation sites excluding steroid dienone is 1. The first kappa shape index (κ1) is 21.4. The number of rotatable bonds is 10. The molecule has 0 aliphatic heterocycles. The Bertz CT molecular complexity index is 1020. The van der Waals surface area contributed by atoms with Crippen LogP contribution in [0.2, 0.25) is 0 Å². The topological polar surface area (TPSA) is 67.2 Å². The van der Waals surface area contributed by atoms with Crippen molar-refractivity contribution in [2.45, 2.75) is 26.7 Å². The molecule has 0 aliphatic carbocycles. The lowest BCUT2D eigenvalue weighted by molar-refractivity contribution is 0.309. The highest BCUT2D eigenvalue weighted by molar-refractivity contribution is 7.11. The Kier molecular flexibility index (Phi) is 7.87. The van der Waals surface area contributed by atoms with Gasteiger partial charge in [0.05, 0.1) is 18.9 Å². The molecule has 0 atom stereocenters. The SMILES string of the molecule is CCCCOc1cccc(N/C=C(/C#N)c2nc(-c3ccc(OCC)cc3)cs2)c1. The Labute approximate surface area is 181 Å². The van der Waals surface area contributed by atoms with Crippen molar-refractivity contribution in [1.82, 2.24) is 4.98 Å². The molecule has 0 fully saturated rings. The summed E-state index contributed by atoms with van der Waals surface area (Å²) in [4.78, 5) is 4.63. The molecule has 0 aliphatic rings. The molecule has 6 heteroatoms. The number of nitrogens with zero attached hydrogens (tertiary/aromatic N) is 2. The summed E-state index contributed by atoms with van der Waals surface area (Å²) >= 11 is 1.45. The van der Waals surface area contributed by atoms with Crippen molar-refractivity contribution in [1.29, 1.82) is 5.26 Å². The average molecular weight is 420 g/mol. The van der Waals surface area contributed by atoms with E-state index in [1.165, 1.54) is 11.3 Å². The summed E-state index contributed by atoms with van der Waals surface area (Å²) in [5, 5.41) is 15.4. The lowest BCUT2D eigenvalue weighted by Gasteiger charge is -2.07. The fourth-order valence-electron chi connectivity index (χ4n) is 2.73. The Morgan fingerprint density at radius 2 is 1.97 bits per heavy atom. The number of nitrogens with one attached hydrogen (secondary N) is 1. The van der Waals surface area contributed by atoms with E-state index in [2.05, 4.69) is 23.3 Å². The maximum absolute atomic E-state index is 9.60. The number of thiazole rings is 1. The molecule has 30 heavy (non-hydrogen) atoms. The summed E-state index contributed by atoms with van der Waals surface area (Å²) in [6.45, 7) is 5.43. The minimum Gasteiger partial charge on any atom is -0.494 e. The normalized spacial score (nSPS) is 11.0. The van der Waals surface area contributed by atoms with Crippen LogP contribution in [0.15, 0.2) is 60.1 Å². The predicted molar refractivity (Wildman–Crippen MR) is 123 cm³/mol. The third-order valence-corrected chi connectivity index (χ3v) is 5.18. The number of hydrogen-bond acceptors (Lipinski definition) is 6. The van der Waals surface area contributed by atoms with Crippen molar-refractivity contribution in [3.8, 4) is 28.8 Å². The number of benzene rings is 2. The molecule has 2 aromatic carbocycles. The minimum atomic E-state index is 0.481. The average Bonchev–Trinajstić information content (AvgIpc) is 3.26. The number of anilines is 1. The highest BCUT2D eigenvalue weighted by Gasteiger charge is 2.09. The summed E-state index contributed by atoms with van der Waals surface area (Å²) in [7, 11) is 0. The van der Waals surface area contributed by atoms with E-state index in [-0.39, 0.29) is 0 Å². The van der Waals surface area contributed by atoms with Crippen LogP contribution in [0, 0.1) is 11.3 Å². The number of aromatic nitrogens is 1. The van der Waals surface area contributed by atoms with Crippen LogP contribution in [0.25, 0.3) is 16.8 Å². The van der Waals surface area contributed by atoms with Crippen molar-refractivity contribution in [3.63, 3.8) is 0 Å². The van der Waals surface area contributed by atoms with Gasteiger partial charge >= 0.3 is 0 Å². The molecule has 1 heterocycles. The van der Waals surface area contributed by atoms with Gasteiger partial charge in [-0.1, -0.05) is 19.4 Å². The van der Waals surface area contributed by atoms with Gasteiger partial charge in [0, 0.05) is 28.9 Å². The van der Waals surface area contributed by atoms with Crippen LogP contribution >= 0.6 is 11.3 Å². The van der Waals surface area contributed by atoms with Gasteiger partial charge in [-0.25, -0.2) is 4.98 Å². The van der Waals surface area contributed by atoms with Gasteiger partial charge < -0.3 is 14.8 Å². The van der Waals surface area contributed by atoms with Gasteiger partial charge in [-0.2, -0.15) is 5.26 Å². The zero-order valence-corrected chi connectivity index (χ0v) is 18.0. The molecule has 0 unspecified atom stereocenters. The number of ether oxygens (including phenoxy) is 2. The Morgan fingerprint density at radius 1 is 1.13 bits per heavy atom. The largest absolute Gasteiger partial charge is 0.494 e. The Balaban J connectivity index is 1.70. The molecule has 3 rings (SSSR count). The highest BCUT2D eigenvalue weighted by Crippen LogP contribution is 2.27. The van der Waals surface area contributed by atoms with E-state index in [9.17, 15) is 5.26 Å². The smallest absolute Gasteiger partial charge is 0.136 e. The quantitative estimate of drug-likeness (QED) is 0.306. The van der Waals surface area contributed by atoms with E-state index in [0.717, 1.165) is 41.3 Å². The lowest BCUT2D eigenvalue weighted by atomic mass is 10.2. The third-order valence-electron chi connectivity index (χ3n) is 4.30. The summed E-state index contributed by atoms with van der Waals surface area (Å²) in [5.74, 6) is 1.65. The molecule has 154 valence electrons. The van der Waals surface area contributed by atoms with Gasteiger partial charge in [0.25, 0.3) is 0 Å². The summed E-state index contributed by atoms with van der Waals surface area (Å²) < 4.78 is 11.2. The first-order valence-corrected chi connectivity index (χ1v) is 10.9. The standard InChI is InChI=1S/C24H25N3O2S/c1-3-5-13-29-22-8-6-7-20(14-22)26-16-19(15-25)24-27-23(17-30-24)18-9-11-21(12-10-18)28-4-2/h6-12,14,16-17,26H,3-5,13H2,1-2H3/b19-16-.